The minimum Gasteiger partial charge on any atom is -0.550 e. The molecule has 2 aliphatic heterocycles. The van der Waals surface area contributed by atoms with Crippen molar-refractivity contribution in [3.63, 3.8) is 0 Å². The maximum atomic E-state index is 11.1. The van der Waals surface area contributed by atoms with Crippen molar-refractivity contribution in [2.75, 3.05) is 11.4 Å². The molecule has 0 saturated heterocycles. The molecule has 2 aromatic rings. The lowest BCUT2D eigenvalue weighted by molar-refractivity contribution is -0.384. The number of nitro benzene ring substituents is 1. The summed E-state index contributed by atoms with van der Waals surface area (Å²) in [6.07, 6.45) is 3.54. The first kappa shape index (κ1) is 18.0. The van der Waals surface area contributed by atoms with Gasteiger partial charge in [0.2, 0.25) is 5.72 Å². The molecular formula is C21H19N2O5-. The van der Waals surface area contributed by atoms with Gasteiger partial charge < -0.3 is 19.5 Å². The third-order valence-electron chi connectivity index (χ3n) is 5.66. The fraction of sp³-hybridized carbons (Fsp3) is 0.286. The van der Waals surface area contributed by atoms with Crippen molar-refractivity contribution < 1.29 is 19.6 Å². The van der Waals surface area contributed by atoms with E-state index in [0.29, 0.717) is 11.3 Å². The molecule has 4 rings (SSSR count). The Kier molecular flexibility index (Phi) is 3.92. The fourth-order valence-electron chi connectivity index (χ4n) is 4.19. The topological polar surface area (TPSA) is 95.7 Å². The Balaban J connectivity index is 1.83. The maximum absolute atomic E-state index is 11.1. The number of fused-ring (bicyclic) bond motifs is 2. The zero-order chi connectivity index (χ0) is 20.1. The number of carbonyl (C=O) groups is 1. The molecule has 7 heteroatoms. The van der Waals surface area contributed by atoms with E-state index < -0.39 is 22.0 Å². The molecule has 0 aromatic heterocycles. The van der Waals surface area contributed by atoms with Crippen LogP contribution in [-0.2, 0) is 10.2 Å². The number of nitrogens with zero attached hydrogens (tertiary/aromatic N) is 2. The van der Waals surface area contributed by atoms with Crippen molar-refractivity contribution in [3.05, 3.63) is 69.8 Å². The van der Waals surface area contributed by atoms with Gasteiger partial charge in [-0.1, -0.05) is 18.2 Å². The number of hydrogen-bond donors (Lipinski definition) is 0. The molecule has 0 aliphatic carbocycles. The second-order valence-corrected chi connectivity index (χ2v) is 7.53. The predicted molar refractivity (Wildman–Crippen MR) is 102 cm³/mol. The molecule has 1 spiro atoms. The Morgan fingerprint density at radius 2 is 1.96 bits per heavy atom. The van der Waals surface area contributed by atoms with Crippen LogP contribution in [0, 0.1) is 10.1 Å². The number of carboxylic acids is 1. The van der Waals surface area contributed by atoms with Gasteiger partial charge in [-0.3, -0.25) is 10.1 Å². The lowest BCUT2D eigenvalue weighted by atomic mass is 9.76. The summed E-state index contributed by atoms with van der Waals surface area (Å²) in [7, 11) is 0. The van der Waals surface area contributed by atoms with E-state index >= 15 is 0 Å². The first-order valence-electron chi connectivity index (χ1n) is 9.00. The van der Waals surface area contributed by atoms with E-state index in [1.54, 1.807) is 6.07 Å². The summed E-state index contributed by atoms with van der Waals surface area (Å²) >= 11 is 0. The molecular weight excluding hydrogens is 360 g/mol. The molecule has 1 atom stereocenters. The van der Waals surface area contributed by atoms with Gasteiger partial charge in [0.25, 0.3) is 5.69 Å². The van der Waals surface area contributed by atoms with Crippen LogP contribution in [0.1, 0.15) is 31.4 Å². The van der Waals surface area contributed by atoms with Gasteiger partial charge in [0, 0.05) is 42.3 Å². The molecule has 1 unspecified atom stereocenters. The number of nitro groups is 1. The van der Waals surface area contributed by atoms with Gasteiger partial charge in [-0.15, -0.1) is 0 Å². The van der Waals surface area contributed by atoms with Gasteiger partial charge in [-0.25, -0.2) is 0 Å². The van der Waals surface area contributed by atoms with Crippen LogP contribution in [0.15, 0.2) is 48.5 Å². The second-order valence-electron chi connectivity index (χ2n) is 7.53. The van der Waals surface area contributed by atoms with E-state index in [0.717, 1.165) is 11.3 Å². The Hall–Kier alpha value is -3.35. The number of ether oxygens (including phenoxy) is 1. The summed E-state index contributed by atoms with van der Waals surface area (Å²) in [4.78, 5) is 23.7. The van der Waals surface area contributed by atoms with E-state index in [4.69, 9.17) is 4.74 Å². The number of carbonyl (C=O) groups excluding carboxylic acids is 1. The largest absolute Gasteiger partial charge is 0.550 e. The highest BCUT2D eigenvalue weighted by molar-refractivity contribution is 5.74. The SMILES string of the molecule is CC1(C)c2ccccc2N(CCC(=O)[O-])C12C=Cc1cc([N+](=O)[O-])ccc1O2. The smallest absolute Gasteiger partial charge is 0.270 e. The first-order chi connectivity index (χ1) is 13.3. The minimum absolute atomic E-state index is 0.00859. The third-order valence-corrected chi connectivity index (χ3v) is 5.66. The maximum Gasteiger partial charge on any atom is 0.270 e. The quantitative estimate of drug-likeness (QED) is 0.599. The number of para-hydroxylation sites is 1. The van der Waals surface area contributed by atoms with E-state index in [9.17, 15) is 20.0 Å². The highest BCUT2D eigenvalue weighted by atomic mass is 16.6. The number of anilines is 1. The molecule has 0 saturated carbocycles. The summed E-state index contributed by atoms with van der Waals surface area (Å²) in [5.41, 5.74) is 1.12. The Bertz CT molecular complexity index is 1010. The molecule has 144 valence electrons. The standard InChI is InChI=1S/C21H20N2O5/c1-20(2)16-5-3-4-6-17(16)22(12-10-19(24)25)21(20)11-9-14-13-15(23(26)27)7-8-18(14)28-21/h3-9,11,13H,10,12H2,1-2H3,(H,24,25)/p-1. The fourth-order valence-corrected chi connectivity index (χ4v) is 4.19. The summed E-state index contributed by atoms with van der Waals surface area (Å²) in [5, 5.41) is 22.2. The molecule has 0 N–H and O–H groups in total. The van der Waals surface area contributed by atoms with Crippen LogP contribution < -0.4 is 14.7 Å². The highest BCUT2D eigenvalue weighted by Crippen LogP contribution is 2.54. The van der Waals surface area contributed by atoms with E-state index in [2.05, 4.69) is 0 Å². The van der Waals surface area contributed by atoms with Crippen LogP contribution in [0.5, 0.6) is 5.75 Å². The van der Waals surface area contributed by atoms with Crippen molar-refractivity contribution in [2.45, 2.75) is 31.4 Å². The van der Waals surface area contributed by atoms with Crippen molar-refractivity contribution >= 4 is 23.4 Å². The van der Waals surface area contributed by atoms with Crippen LogP contribution in [0.3, 0.4) is 0 Å². The molecule has 2 heterocycles. The molecule has 0 radical (unpaired) electrons. The van der Waals surface area contributed by atoms with Gasteiger partial charge in [0.05, 0.1) is 10.3 Å². The van der Waals surface area contributed by atoms with Gasteiger partial charge in [0.15, 0.2) is 0 Å². The Morgan fingerprint density at radius 3 is 2.68 bits per heavy atom. The first-order valence-corrected chi connectivity index (χ1v) is 9.00. The molecule has 0 bridgehead atoms. The van der Waals surface area contributed by atoms with Crippen LogP contribution >= 0.6 is 0 Å². The molecule has 28 heavy (non-hydrogen) atoms. The van der Waals surface area contributed by atoms with E-state index in [1.165, 1.54) is 12.1 Å². The van der Waals surface area contributed by atoms with Gasteiger partial charge in [-0.2, -0.15) is 0 Å². The Morgan fingerprint density at radius 1 is 1.21 bits per heavy atom. The summed E-state index contributed by atoms with van der Waals surface area (Å²) in [6, 6.07) is 12.3. The molecule has 2 aliphatic rings. The minimum atomic E-state index is -1.13. The molecule has 7 nitrogen and oxygen atoms in total. The normalized spacial score (nSPS) is 21.1. The van der Waals surface area contributed by atoms with Gasteiger partial charge in [0.1, 0.15) is 5.75 Å². The van der Waals surface area contributed by atoms with Crippen LogP contribution in [0.4, 0.5) is 11.4 Å². The van der Waals surface area contributed by atoms with Crippen LogP contribution in [0.2, 0.25) is 0 Å². The second kappa shape index (κ2) is 6.09. The highest BCUT2D eigenvalue weighted by Gasteiger charge is 2.58. The number of rotatable bonds is 4. The average molecular weight is 379 g/mol. The summed E-state index contributed by atoms with van der Waals surface area (Å²) < 4.78 is 6.46. The number of hydrogen-bond acceptors (Lipinski definition) is 6. The Labute approximate surface area is 162 Å². The van der Waals surface area contributed by atoms with Crippen LogP contribution in [0.25, 0.3) is 6.08 Å². The zero-order valence-corrected chi connectivity index (χ0v) is 15.5. The van der Waals surface area contributed by atoms with Crippen LogP contribution in [-0.4, -0.2) is 23.2 Å². The average Bonchev–Trinajstić information content (AvgIpc) is 2.84. The van der Waals surface area contributed by atoms with Crippen molar-refractivity contribution in [3.8, 4) is 5.75 Å². The number of carboxylic acid groups (broad SMARTS) is 1. The third kappa shape index (κ3) is 2.46. The van der Waals surface area contributed by atoms with Crippen molar-refractivity contribution in [2.24, 2.45) is 0 Å². The lowest BCUT2D eigenvalue weighted by Gasteiger charge is -2.47. The van der Waals surface area contributed by atoms with Crippen molar-refractivity contribution in [1.29, 1.82) is 0 Å². The van der Waals surface area contributed by atoms with E-state index in [-0.39, 0.29) is 18.7 Å². The molecule has 2 aromatic carbocycles. The summed E-state index contributed by atoms with van der Waals surface area (Å²) in [6.45, 7) is 4.31. The lowest BCUT2D eigenvalue weighted by Crippen LogP contribution is -2.60. The monoisotopic (exact) mass is 379 g/mol. The zero-order valence-electron chi connectivity index (χ0n) is 15.5. The van der Waals surface area contributed by atoms with Crippen molar-refractivity contribution in [1.82, 2.24) is 0 Å². The predicted octanol–water partition coefficient (Wildman–Crippen LogP) is 2.63. The molecule has 0 amide bonds. The summed E-state index contributed by atoms with van der Waals surface area (Å²) in [5.74, 6) is -0.611. The molecule has 0 fully saturated rings. The van der Waals surface area contributed by atoms with E-state index in [1.807, 2.05) is 55.2 Å². The van der Waals surface area contributed by atoms with Gasteiger partial charge >= 0.3 is 0 Å². The van der Waals surface area contributed by atoms with Gasteiger partial charge in [-0.05, 0) is 43.7 Å². The number of benzene rings is 2. The number of aliphatic carboxylic acids is 1. The number of non-ortho nitro benzene ring substituents is 1.